The zero-order valence-corrected chi connectivity index (χ0v) is 82.9. The number of methoxy groups -OCH3 is 1. The number of aromatic hydroxyl groups is 2. The maximum Gasteiger partial charge on any atom is 0.410 e. The van der Waals surface area contributed by atoms with Crippen LogP contribution in [0.4, 0.5) is 36.3 Å². The molecule has 4 fully saturated rings. The summed E-state index contributed by atoms with van der Waals surface area (Å²) in [5.74, 6) is -7.71. The van der Waals surface area contributed by atoms with E-state index in [0.29, 0.717) is 141 Å². The van der Waals surface area contributed by atoms with Crippen molar-refractivity contribution in [1.82, 2.24) is 40.0 Å². The summed E-state index contributed by atoms with van der Waals surface area (Å²) in [4.78, 5) is 149. The molecule has 0 bridgehead atoms. The van der Waals surface area contributed by atoms with Crippen LogP contribution in [0, 0.1) is 29.1 Å². The van der Waals surface area contributed by atoms with Crippen molar-refractivity contribution in [3.8, 4) is 23.0 Å². The third kappa shape index (κ3) is 38.9. The van der Waals surface area contributed by atoms with Crippen LogP contribution in [0.5, 0.6) is 23.0 Å². The zero-order chi connectivity index (χ0) is 105. The monoisotopic (exact) mass is 2070 g/mol. The highest BCUT2D eigenvalue weighted by Crippen LogP contribution is 2.30. The van der Waals surface area contributed by atoms with E-state index in [1.54, 1.807) is 112 Å². The Labute approximate surface area is 825 Å². The fraction of sp³-hybridized carbons (Fsp3) is 0.376. The second kappa shape index (κ2) is 54.9. The average Bonchev–Trinajstić information content (AvgIpc) is 1.67. The molecule has 8 heterocycles. The summed E-state index contributed by atoms with van der Waals surface area (Å²) in [6, 6.07) is 26.0. The third-order valence-corrected chi connectivity index (χ3v) is 23.3. The molecule has 4 aromatic heterocycles. The van der Waals surface area contributed by atoms with Crippen molar-refractivity contribution in [2.75, 3.05) is 118 Å². The fourth-order valence-corrected chi connectivity index (χ4v) is 15.5. The first kappa shape index (κ1) is 116. The van der Waals surface area contributed by atoms with E-state index in [1.807, 2.05) is 0 Å². The van der Waals surface area contributed by atoms with E-state index in [1.165, 1.54) is 128 Å². The number of aliphatic hydroxyl groups is 2. The van der Waals surface area contributed by atoms with Crippen LogP contribution in [0.25, 0.3) is 0 Å². The number of benzene rings is 5. The second-order valence-electron chi connectivity index (χ2n) is 33.5. The fourth-order valence-electron chi connectivity index (χ4n) is 12.4. The molecule has 0 spiro atoms. The number of nitrogens with zero attached hydrogens (tertiary/aromatic N) is 6. The lowest BCUT2D eigenvalue weighted by Gasteiger charge is -2.35. The van der Waals surface area contributed by atoms with Gasteiger partial charge in [-0.25, -0.2) is 45.9 Å². The number of aliphatic hydroxyl groups excluding tert-OH is 2. The SMILES string of the molecule is CC(C)(C)OC(=O)N1CCN(C(=O)c2cc(CO)ccc2F)CC1.CC(C)(C)OC(=O)N1CCN(C(=O)c2cc(COc3ccsc3C(N)=O)ccc2F)CC1.CC(C)(C)OC(N)=O.COC(=O)c1sccc1O.CS(=O)(=O)OCc1ccc(F)c(C(=O)N2CCNCC2)c1.NC(=O)c1sccc1O.NC(=O)c1sccc1OCc1ccc(F)c(C(=O)N2CCNCC2)c1.O=C(O)c1cc(CO)ccc1F. The van der Waals surface area contributed by atoms with Crippen molar-refractivity contribution in [3.63, 3.8) is 0 Å². The number of primary amides is 4. The number of carboxylic acids is 1. The van der Waals surface area contributed by atoms with Gasteiger partial charge in [0.1, 0.15) is 96.7 Å². The lowest BCUT2D eigenvalue weighted by atomic mass is 10.1. The second-order valence-corrected chi connectivity index (χ2v) is 38.8. The van der Waals surface area contributed by atoms with E-state index in [0.717, 1.165) is 47.1 Å². The smallest absolute Gasteiger partial charge is 0.410 e. The predicted molar refractivity (Wildman–Crippen MR) is 512 cm³/mol. The van der Waals surface area contributed by atoms with Crippen molar-refractivity contribution in [1.29, 1.82) is 0 Å². The van der Waals surface area contributed by atoms with E-state index in [4.69, 9.17) is 67.4 Å². The molecule has 4 aliphatic rings. The predicted octanol–water partition coefficient (Wildman–Crippen LogP) is 10.9. The van der Waals surface area contributed by atoms with Gasteiger partial charge in [-0.05, 0) is 197 Å². The van der Waals surface area contributed by atoms with Crippen LogP contribution in [0.2, 0.25) is 0 Å². The average molecular weight is 2070 g/mol. The third-order valence-electron chi connectivity index (χ3n) is 19.1. The molecule has 38 nitrogen and oxygen atoms in total. The summed E-state index contributed by atoms with van der Waals surface area (Å²) in [6.07, 6.45) is -0.636. The summed E-state index contributed by atoms with van der Waals surface area (Å²) in [6.45, 7) is 22.7. The Bertz CT molecular complexity index is 5910. The van der Waals surface area contributed by atoms with E-state index in [9.17, 15) is 87.9 Å². The van der Waals surface area contributed by atoms with Gasteiger partial charge in [-0.15, -0.1) is 45.3 Å². The van der Waals surface area contributed by atoms with E-state index >= 15 is 0 Å². The van der Waals surface area contributed by atoms with Gasteiger partial charge in [-0.1, -0.05) is 30.3 Å². The van der Waals surface area contributed by atoms with E-state index < -0.39 is 127 Å². The first-order chi connectivity index (χ1) is 66.2. The number of amides is 10. The molecule has 4 saturated heterocycles. The minimum atomic E-state index is -3.58. The van der Waals surface area contributed by atoms with Crippen molar-refractivity contribution >= 4 is 127 Å². The number of hydrogen-bond acceptors (Lipinski definition) is 31. The molecule has 10 amide bonds. The van der Waals surface area contributed by atoms with Gasteiger partial charge in [0.15, 0.2) is 4.88 Å². The number of nitrogens with two attached hydrogens (primary N) is 4. The van der Waals surface area contributed by atoms with Gasteiger partial charge in [-0.2, -0.15) is 8.42 Å². The molecule has 0 radical (unpaired) electrons. The first-order valence-electron chi connectivity index (χ1n) is 42.9. The Kier molecular flexibility index (Phi) is 45.3. The number of halogens is 5. The minimum Gasteiger partial charge on any atom is -0.506 e. The Morgan fingerprint density at radius 3 is 0.929 bits per heavy atom. The molecule has 13 rings (SSSR count). The van der Waals surface area contributed by atoms with E-state index in [2.05, 4.69) is 24.3 Å². The molecule has 766 valence electrons. The van der Waals surface area contributed by atoms with Crippen LogP contribution in [-0.2, 0) is 66.3 Å². The van der Waals surface area contributed by atoms with Crippen molar-refractivity contribution in [3.05, 3.63) is 241 Å². The summed E-state index contributed by atoms with van der Waals surface area (Å²) in [7, 11) is -2.30. The van der Waals surface area contributed by atoms with E-state index in [-0.39, 0.29) is 95.5 Å². The van der Waals surface area contributed by atoms with Crippen molar-refractivity contribution < 1.29 is 146 Å². The lowest BCUT2D eigenvalue weighted by Crippen LogP contribution is -2.51. The number of nitrogens with one attached hydrogen (secondary N) is 2. The molecule has 4 aliphatic heterocycles. The minimum absolute atomic E-state index is 0.0168. The summed E-state index contributed by atoms with van der Waals surface area (Å²) < 4.78 is 126. The lowest BCUT2D eigenvalue weighted by molar-refractivity contribution is 0.0135. The molecule has 9 aromatic rings. The number of carboxylic acid groups (broad SMARTS) is 1. The van der Waals surface area contributed by atoms with Gasteiger partial charge in [0.05, 0.1) is 61.0 Å². The Morgan fingerprint density at radius 1 is 0.383 bits per heavy atom. The van der Waals surface area contributed by atoms with Gasteiger partial charge in [0.2, 0.25) is 0 Å². The molecule has 15 N–H and O–H groups in total. The molecule has 0 saturated carbocycles. The highest BCUT2D eigenvalue weighted by molar-refractivity contribution is 7.85. The van der Waals surface area contributed by atoms with Gasteiger partial charge in [0.25, 0.3) is 51.5 Å². The van der Waals surface area contributed by atoms with Crippen LogP contribution in [0.1, 0.15) is 181 Å². The van der Waals surface area contributed by atoms with Gasteiger partial charge >= 0.3 is 30.2 Å². The highest BCUT2D eigenvalue weighted by Gasteiger charge is 2.33. The standard InChI is InChI=1S/C22H26FN3O5S.C17H18FN3O3S.C17H23FN2O4.C13H17FN2O4S.C8H7FO3.C6H6O3S.C5H5NO2S.C5H11NO2/c1-22(2,3)31-21(29)26-9-7-25(8-10-26)20(28)15-12-14(4-5-16(15)23)13-30-17-6-11-32-18(17)19(24)27;18-13-2-1-11(10-24-14-3-8-25-15(14)16(19)22)9-12(13)17(23)21-6-4-20-5-7-21;1-17(2,3)24-16(23)20-8-6-19(7-9-20)15(22)13-10-12(11-21)4-5-14(13)18;1-21(18,19)20-9-10-2-3-12(14)11(8-10)13(17)16-6-4-15-5-7-16;9-7-2-1-5(4-10)3-6(7)8(11)12;1-9-6(8)5-4(7)2-3-10-5;6-5(8)4-3(7)1-2-9-4;1-5(2,3)8-4(6)7/h4-6,11-12H,7-10,13H2,1-3H3,(H2,24,27);1-3,8-9,20H,4-7,10H2,(H2,19,22);4-5,10,21H,6-9,11H2,1-3H3;2-3,8,15H,4-7,9H2,1H3;1-3,10H,4H2,(H,11,12);2-3,7H,1H3;1-2,7H,(H2,6,8);1-3H3,(H2,6,7). The molecule has 0 aliphatic carbocycles. The summed E-state index contributed by atoms with van der Waals surface area (Å²) >= 11 is 4.66. The van der Waals surface area contributed by atoms with Crippen LogP contribution in [0.3, 0.4) is 0 Å². The summed E-state index contributed by atoms with van der Waals surface area (Å²) in [5.41, 5.74) is 20.5. The molecular weight excluding hydrogens is 1960 g/mol. The normalized spacial score (nSPS) is 13.5. The molecule has 5 aromatic carbocycles. The zero-order valence-electron chi connectivity index (χ0n) is 78.9. The number of piperazine rings is 4. The maximum atomic E-state index is 14.4. The molecule has 0 atom stereocenters. The van der Waals surface area contributed by atoms with Gasteiger partial charge in [-0.3, -0.25) is 37.7 Å². The Balaban J connectivity index is 0.000000257. The number of rotatable bonds is 20. The van der Waals surface area contributed by atoms with Crippen LogP contribution in [-0.4, -0.2) is 270 Å². The van der Waals surface area contributed by atoms with Crippen molar-refractivity contribution in [2.45, 2.75) is 112 Å². The molecular formula is C93H113F5N12O26S5. The van der Waals surface area contributed by atoms with Crippen LogP contribution in [0.15, 0.2) is 137 Å². The number of carbonyl (C=O) groups is 12. The molecule has 0 unspecified atom stereocenters. The van der Waals surface area contributed by atoms with Crippen LogP contribution < -0.4 is 43.0 Å². The number of hydrogen-bond donors (Lipinski definition) is 11. The number of thiophene rings is 4. The van der Waals surface area contributed by atoms with Gasteiger partial charge in [0, 0.05) is 105 Å². The van der Waals surface area contributed by atoms with Gasteiger partial charge < -0.3 is 117 Å². The largest absolute Gasteiger partial charge is 0.506 e. The Morgan fingerprint density at radius 2 is 0.660 bits per heavy atom. The topological polar surface area (TPSA) is 552 Å². The molecule has 48 heteroatoms. The van der Waals surface area contributed by atoms with Crippen molar-refractivity contribution in [2.24, 2.45) is 22.9 Å². The first-order valence-corrected chi connectivity index (χ1v) is 48.2. The summed E-state index contributed by atoms with van der Waals surface area (Å²) in [5, 5.41) is 56.9. The molecule has 141 heavy (non-hydrogen) atoms. The number of esters is 1. The van der Waals surface area contributed by atoms with Crippen LogP contribution >= 0.6 is 45.3 Å². The number of aromatic carboxylic acids is 1. The highest BCUT2D eigenvalue weighted by atomic mass is 32.2. The Hall–Kier alpha value is -13.5. The quantitative estimate of drug-likeness (QED) is 0.0146. The number of ether oxygens (including phenoxy) is 6. The maximum absolute atomic E-state index is 14.4. The number of carbonyl (C=O) groups excluding carboxylic acids is 11.